The van der Waals surface area contributed by atoms with Crippen molar-refractivity contribution in [3.63, 3.8) is 0 Å². The minimum absolute atomic E-state index is 0.0312. The number of carboxylic acid groups (broad SMARTS) is 1. The van der Waals surface area contributed by atoms with E-state index < -0.39 is 17.1 Å². The van der Waals surface area contributed by atoms with Gasteiger partial charge in [0.25, 0.3) is 0 Å². The second kappa shape index (κ2) is 5.61. The largest absolute Gasteiger partial charge is 0.502 e. The van der Waals surface area contributed by atoms with E-state index in [0.29, 0.717) is 16.5 Å². The Labute approximate surface area is 131 Å². The van der Waals surface area contributed by atoms with Gasteiger partial charge in [0.15, 0.2) is 5.76 Å². The van der Waals surface area contributed by atoms with Crippen LogP contribution in [-0.4, -0.2) is 16.2 Å². The summed E-state index contributed by atoms with van der Waals surface area (Å²) in [6.45, 7) is 1.97. The topological polar surface area (TPSA) is 87.7 Å². The Morgan fingerprint density at radius 3 is 2.43 bits per heavy atom. The molecule has 0 spiro atoms. The lowest BCUT2D eigenvalue weighted by Crippen LogP contribution is -2.03. The van der Waals surface area contributed by atoms with Crippen molar-refractivity contribution in [1.82, 2.24) is 0 Å². The van der Waals surface area contributed by atoms with Crippen molar-refractivity contribution >= 4 is 16.9 Å². The number of fused-ring (bicyclic) bond motifs is 1. The minimum atomic E-state index is -1.05. The standard InChI is InChI=1S/C18H14O5/c1-2-10-3-8-14-13(9-10)15(19)16(20)17(23-14)11-4-6-12(7-5-11)18(21)22/h3-9,20H,2H2,1H3,(H,21,22). The van der Waals surface area contributed by atoms with Gasteiger partial charge < -0.3 is 14.6 Å². The van der Waals surface area contributed by atoms with Crippen LogP contribution in [0.2, 0.25) is 0 Å². The third-order valence-electron chi connectivity index (χ3n) is 3.73. The highest BCUT2D eigenvalue weighted by Crippen LogP contribution is 2.30. The summed E-state index contributed by atoms with van der Waals surface area (Å²) in [4.78, 5) is 23.2. The molecule has 0 bridgehead atoms. The van der Waals surface area contributed by atoms with Crippen molar-refractivity contribution in [3.05, 3.63) is 63.8 Å². The zero-order valence-corrected chi connectivity index (χ0v) is 12.4. The molecule has 0 radical (unpaired) electrons. The summed E-state index contributed by atoms with van der Waals surface area (Å²) in [7, 11) is 0. The molecule has 0 aliphatic carbocycles. The molecule has 0 saturated heterocycles. The lowest BCUT2D eigenvalue weighted by molar-refractivity contribution is 0.0697. The van der Waals surface area contributed by atoms with Crippen LogP contribution in [-0.2, 0) is 6.42 Å². The molecule has 5 nitrogen and oxygen atoms in total. The van der Waals surface area contributed by atoms with Crippen molar-refractivity contribution in [1.29, 1.82) is 0 Å². The molecule has 0 aliphatic heterocycles. The summed E-state index contributed by atoms with van der Waals surface area (Å²) >= 11 is 0. The number of carboxylic acids is 1. The first kappa shape index (κ1) is 14.8. The zero-order chi connectivity index (χ0) is 16.6. The number of hydrogen-bond acceptors (Lipinski definition) is 4. The van der Waals surface area contributed by atoms with Crippen molar-refractivity contribution < 1.29 is 19.4 Å². The average molecular weight is 310 g/mol. The number of aromatic carboxylic acids is 1. The van der Waals surface area contributed by atoms with Crippen molar-refractivity contribution in [2.75, 3.05) is 0 Å². The Bertz CT molecular complexity index is 952. The monoisotopic (exact) mass is 310 g/mol. The number of benzene rings is 2. The summed E-state index contributed by atoms with van der Waals surface area (Å²) in [5.74, 6) is -1.50. The molecule has 0 aliphatic rings. The lowest BCUT2D eigenvalue weighted by atomic mass is 10.1. The molecule has 0 amide bonds. The van der Waals surface area contributed by atoms with E-state index in [1.54, 1.807) is 12.1 Å². The molecule has 1 heterocycles. The summed E-state index contributed by atoms with van der Waals surface area (Å²) in [5, 5.41) is 19.4. The van der Waals surface area contributed by atoms with Gasteiger partial charge in [-0.15, -0.1) is 0 Å². The molecular formula is C18H14O5. The van der Waals surface area contributed by atoms with Gasteiger partial charge in [0.05, 0.1) is 10.9 Å². The molecule has 0 atom stereocenters. The second-order valence-electron chi connectivity index (χ2n) is 5.18. The zero-order valence-electron chi connectivity index (χ0n) is 12.4. The van der Waals surface area contributed by atoms with Gasteiger partial charge in [-0.05, 0) is 36.2 Å². The Morgan fingerprint density at radius 1 is 1.13 bits per heavy atom. The predicted octanol–water partition coefficient (Wildman–Crippen LogP) is 3.43. The SMILES string of the molecule is CCc1ccc2oc(-c3ccc(C(=O)O)cc3)c(O)c(=O)c2c1. The quantitative estimate of drug-likeness (QED) is 0.774. The van der Waals surface area contributed by atoms with E-state index >= 15 is 0 Å². The van der Waals surface area contributed by atoms with Gasteiger partial charge >= 0.3 is 5.97 Å². The highest BCUT2D eigenvalue weighted by atomic mass is 16.4. The van der Waals surface area contributed by atoms with Crippen molar-refractivity contribution in [2.45, 2.75) is 13.3 Å². The minimum Gasteiger partial charge on any atom is -0.502 e. The predicted molar refractivity (Wildman–Crippen MR) is 85.9 cm³/mol. The normalized spacial score (nSPS) is 10.8. The van der Waals surface area contributed by atoms with Gasteiger partial charge in [0.2, 0.25) is 11.2 Å². The van der Waals surface area contributed by atoms with Crippen molar-refractivity contribution in [2.24, 2.45) is 0 Å². The number of aromatic hydroxyl groups is 1. The first-order valence-corrected chi connectivity index (χ1v) is 7.13. The lowest BCUT2D eigenvalue weighted by Gasteiger charge is -2.07. The maximum Gasteiger partial charge on any atom is 0.335 e. The molecule has 2 aromatic carbocycles. The van der Waals surface area contributed by atoms with Crippen LogP contribution in [0.5, 0.6) is 5.75 Å². The molecule has 23 heavy (non-hydrogen) atoms. The highest BCUT2D eigenvalue weighted by Gasteiger charge is 2.16. The maximum atomic E-state index is 12.4. The van der Waals surface area contributed by atoms with E-state index in [9.17, 15) is 14.7 Å². The van der Waals surface area contributed by atoms with Crippen LogP contribution in [0.25, 0.3) is 22.3 Å². The fourth-order valence-electron chi connectivity index (χ4n) is 2.41. The Kier molecular flexibility index (Phi) is 3.62. The molecule has 116 valence electrons. The third-order valence-corrected chi connectivity index (χ3v) is 3.73. The van der Waals surface area contributed by atoms with E-state index in [-0.39, 0.29) is 11.3 Å². The molecule has 3 rings (SSSR count). The molecule has 1 aromatic heterocycles. The van der Waals surface area contributed by atoms with E-state index in [0.717, 1.165) is 12.0 Å². The Morgan fingerprint density at radius 2 is 1.83 bits per heavy atom. The highest BCUT2D eigenvalue weighted by molar-refractivity contribution is 5.88. The number of carbonyl (C=O) groups is 1. The Balaban J connectivity index is 2.20. The molecule has 0 saturated carbocycles. The summed E-state index contributed by atoms with van der Waals surface area (Å²) < 4.78 is 5.66. The van der Waals surface area contributed by atoms with Gasteiger partial charge in [-0.1, -0.05) is 25.1 Å². The van der Waals surface area contributed by atoms with E-state index in [1.807, 2.05) is 13.0 Å². The Hall–Kier alpha value is -3.08. The van der Waals surface area contributed by atoms with Crippen LogP contribution >= 0.6 is 0 Å². The molecular weight excluding hydrogens is 296 g/mol. The number of rotatable bonds is 3. The fraction of sp³-hybridized carbons (Fsp3) is 0.111. The fourth-order valence-corrected chi connectivity index (χ4v) is 2.41. The van der Waals surface area contributed by atoms with E-state index in [4.69, 9.17) is 9.52 Å². The summed E-state index contributed by atoms with van der Waals surface area (Å²) in [6, 6.07) is 11.0. The van der Waals surface area contributed by atoms with Crippen LogP contribution < -0.4 is 5.43 Å². The summed E-state index contributed by atoms with van der Waals surface area (Å²) in [5.41, 5.74) is 1.40. The second-order valence-corrected chi connectivity index (χ2v) is 5.18. The molecule has 0 fully saturated rings. The van der Waals surface area contributed by atoms with Gasteiger partial charge in [0, 0.05) is 5.56 Å². The van der Waals surface area contributed by atoms with E-state index in [1.165, 1.54) is 24.3 Å². The first-order valence-electron chi connectivity index (χ1n) is 7.13. The van der Waals surface area contributed by atoms with Gasteiger partial charge in [0.1, 0.15) is 5.58 Å². The van der Waals surface area contributed by atoms with Crippen LogP contribution in [0.3, 0.4) is 0 Å². The van der Waals surface area contributed by atoms with Gasteiger partial charge in [-0.3, -0.25) is 4.79 Å². The van der Waals surface area contributed by atoms with Gasteiger partial charge in [-0.25, -0.2) is 4.79 Å². The smallest absolute Gasteiger partial charge is 0.335 e. The van der Waals surface area contributed by atoms with Crippen LogP contribution in [0.1, 0.15) is 22.8 Å². The van der Waals surface area contributed by atoms with Crippen LogP contribution in [0, 0.1) is 0 Å². The maximum absolute atomic E-state index is 12.4. The third kappa shape index (κ3) is 2.57. The molecule has 0 unspecified atom stereocenters. The number of aryl methyl sites for hydroxylation is 1. The van der Waals surface area contributed by atoms with Gasteiger partial charge in [-0.2, -0.15) is 0 Å². The molecule has 2 N–H and O–H groups in total. The first-order chi connectivity index (χ1) is 11.0. The van der Waals surface area contributed by atoms with Crippen molar-refractivity contribution in [3.8, 4) is 17.1 Å². The number of hydrogen-bond donors (Lipinski definition) is 2. The molecule has 5 heteroatoms. The summed E-state index contributed by atoms with van der Waals surface area (Å²) in [6.07, 6.45) is 0.772. The average Bonchev–Trinajstić information content (AvgIpc) is 2.58. The molecule has 3 aromatic rings. The van der Waals surface area contributed by atoms with E-state index in [2.05, 4.69) is 0 Å². The van der Waals surface area contributed by atoms with Crippen LogP contribution in [0.4, 0.5) is 0 Å². The van der Waals surface area contributed by atoms with Crippen LogP contribution in [0.15, 0.2) is 51.7 Å².